The lowest BCUT2D eigenvalue weighted by atomic mass is 9.95. The third-order valence-electron chi connectivity index (χ3n) is 11.4. The van der Waals surface area contributed by atoms with Crippen LogP contribution in [0.1, 0.15) is 84.8 Å². The smallest absolute Gasteiger partial charge is 0.269 e. The quantitative estimate of drug-likeness (QED) is 0.0648. The fraction of sp³-hybridized carbons (Fsp3) is 0.429. The van der Waals surface area contributed by atoms with Crippen molar-refractivity contribution in [3.8, 4) is 11.5 Å². The normalized spacial score (nSPS) is 14.8. The van der Waals surface area contributed by atoms with Crippen LogP contribution in [0.4, 0.5) is 11.9 Å². The molecule has 1 saturated heterocycles. The molecule has 2 aliphatic rings. The number of piperidine rings is 1. The molecular weight excluding hydrogens is 813 g/mol. The molecule has 3 amide bonds. The first kappa shape index (κ1) is 42.3. The molecule has 1 fully saturated rings. The van der Waals surface area contributed by atoms with Crippen LogP contribution in [0, 0.1) is 6.92 Å². The first-order valence-electron chi connectivity index (χ1n) is 20.9. The largest absolute Gasteiger partial charge is 0.494 e. The zero-order valence-corrected chi connectivity index (χ0v) is 36.2. The Morgan fingerprint density at radius 3 is 2.24 bits per heavy atom. The molecule has 0 spiro atoms. The van der Waals surface area contributed by atoms with Crippen molar-refractivity contribution in [1.82, 2.24) is 49.1 Å². The van der Waals surface area contributed by atoms with Crippen molar-refractivity contribution in [2.75, 3.05) is 57.6 Å². The number of hydrogen-bond acceptors (Lipinski definition) is 14. The summed E-state index contributed by atoms with van der Waals surface area (Å²) in [6.07, 6.45) is 7.37. The molecule has 7 N–H and O–H groups in total. The monoisotopic (exact) mass is 864 g/mol. The van der Waals surface area contributed by atoms with Gasteiger partial charge in [-0.15, -0.1) is 21.5 Å². The summed E-state index contributed by atoms with van der Waals surface area (Å²) in [5, 5.41) is 19.3. The van der Waals surface area contributed by atoms with Gasteiger partial charge < -0.3 is 50.2 Å². The van der Waals surface area contributed by atoms with Crippen molar-refractivity contribution in [2.24, 2.45) is 11.5 Å². The number of ether oxygens (including phenoxy) is 2. The van der Waals surface area contributed by atoms with Crippen LogP contribution in [-0.2, 0) is 32.6 Å². The Bertz CT molecular complexity index is 2670. The summed E-state index contributed by atoms with van der Waals surface area (Å²) in [4.78, 5) is 55.2. The minimum atomic E-state index is -0.631. The van der Waals surface area contributed by atoms with E-state index in [-0.39, 0.29) is 24.0 Å². The first-order valence-corrected chi connectivity index (χ1v) is 21.7. The standard InChI is InChI=1S/C42H52N14O5S/c1-5-28-36(62-24(2)47-28)40(59)50-42-49-29-19-26(37(43)57)21-31(60-4)34(29)56(42)14-7-6-13-55-35-30(48-41(55)45-3)20-27(38(44)58)22-32(35)61-18-8-12-53-15-9-25(10-16-53)39-52-51-33-23-46-11-17-54(33)39/h6-7,19-22,25,46H,5,8-18,23H2,1-4H3,(H2,43,57)(H2,44,58)(H,45,48)(H,49,50,59)/b7-6+. The van der Waals surface area contributed by atoms with Crippen LogP contribution in [-0.4, -0.2) is 108 Å². The predicted molar refractivity (Wildman–Crippen MR) is 236 cm³/mol. The second-order valence-corrected chi connectivity index (χ2v) is 16.6. The van der Waals surface area contributed by atoms with Crippen LogP contribution in [0.3, 0.4) is 0 Å². The van der Waals surface area contributed by atoms with E-state index in [1.165, 1.54) is 18.4 Å². The maximum absolute atomic E-state index is 13.6. The maximum atomic E-state index is 13.6. The lowest BCUT2D eigenvalue weighted by Crippen LogP contribution is -2.36. The number of nitrogens with two attached hydrogens (primary N) is 2. The van der Waals surface area contributed by atoms with Crippen molar-refractivity contribution >= 4 is 63.0 Å². The van der Waals surface area contributed by atoms with E-state index in [9.17, 15) is 14.4 Å². The van der Waals surface area contributed by atoms with Gasteiger partial charge in [-0.2, -0.15) is 0 Å². The lowest BCUT2D eigenvalue weighted by Gasteiger charge is -2.32. The highest BCUT2D eigenvalue weighted by atomic mass is 32.1. The Morgan fingerprint density at radius 1 is 0.919 bits per heavy atom. The molecule has 0 radical (unpaired) electrons. The summed E-state index contributed by atoms with van der Waals surface area (Å²) in [5.74, 6) is 2.72. The Labute approximate surface area is 361 Å². The van der Waals surface area contributed by atoms with Crippen molar-refractivity contribution in [2.45, 2.75) is 71.6 Å². The summed E-state index contributed by atoms with van der Waals surface area (Å²) in [5.41, 5.74) is 14.9. The molecule has 62 heavy (non-hydrogen) atoms. The molecule has 0 unspecified atom stereocenters. The summed E-state index contributed by atoms with van der Waals surface area (Å²) >= 11 is 1.32. The number of methoxy groups -OCH3 is 1. The van der Waals surface area contributed by atoms with E-state index in [0.717, 1.165) is 75.2 Å². The van der Waals surface area contributed by atoms with Crippen LogP contribution in [0.2, 0.25) is 0 Å². The highest BCUT2D eigenvalue weighted by Crippen LogP contribution is 2.34. The number of allylic oxidation sites excluding steroid dienone is 2. The van der Waals surface area contributed by atoms with E-state index in [0.29, 0.717) is 81.1 Å². The number of thiazole rings is 1. The number of primary amides is 2. The maximum Gasteiger partial charge on any atom is 0.269 e. The first-order chi connectivity index (χ1) is 30.1. The van der Waals surface area contributed by atoms with E-state index >= 15 is 0 Å². The van der Waals surface area contributed by atoms with Gasteiger partial charge in [0.25, 0.3) is 5.91 Å². The third-order valence-corrected chi connectivity index (χ3v) is 12.4. The molecule has 8 rings (SSSR count). The molecule has 2 aromatic carbocycles. The number of carbonyl (C=O) groups excluding carboxylic acids is 3. The second-order valence-electron chi connectivity index (χ2n) is 15.4. The van der Waals surface area contributed by atoms with Crippen molar-refractivity contribution in [3.05, 3.63) is 74.8 Å². The number of hydrogen-bond donors (Lipinski definition) is 5. The van der Waals surface area contributed by atoms with Gasteiger partial charge in [-0.25, -0.2) is 15.0 Å². The number of nitrogens with zero attached hydrogens (tertiary/aromatic N) is 9. The molecule has 19 nitrogen and oxygen atoms in total. The average molecular weight is 865 g/mol. The number of rotatable bonds is 17. The molecule has 20 heteroatoms. The number of carbonyl (C=O) groups is 3. The molecule has 0 bridgehead atoms. The second kappa shape index (κ2) is 18.3. The molecule has 2 aliphatic heterocycles. The molecule has 0 saturated carbocycles. The minimum Gasteiger partial charge on any atom is -0.494 e. The molecule has 0 atom stereocenters. The van der Waals surface area contributed by atoms with Gasteiger partial charge in [0.15, 0.2) is 0 Å². The predicted octanol–water partition coefficient (Wildman–Crippen LogP) is 3.81. The fourth-order valence-electron chi connectivity index (χ4n) is 8.36. The third kappa shape index (κ3) is 8.57. The molecule has 326 valence electrons. The van der Waals surface area contributed by atoms with E-state index in [1.54, 1.807) is 31.3 Å². The van der Waals surface area contributed by atoms with E-state index in [1.807, 2.05) is 35.1 Å². The summed E-state index contributed by atoms with van der Waals surface area (Å²) in [7, 11) is 3.28. The van der Waals surface area contributed by atoms with Gasteiger partial charge in [0.05, 0.1) is 42.0 Å². The van der Waals surface area contributed by atoms with Crippen molar-refractivity contribution in [1.29, 1.82) is 0 Å². The van der Waals surface area contributed by atoms with Gasteiger partial charge in [0.1, 0.15) is 39.1 Å². The number of imidazole rings is 2. The number of aromatic nitrogens is 8. The number of aryl methyl sites for hydroxylation is 2. The van der Waals surface area contributed by atoms with Gasteiger partial charge in [-0.05, 0) is 70.0 Å². The number of fused-ring (bicyclic) bond motifs is 3. The van der Waals surface area contributed by atoms with Gasteiger partial charge in [0.2, 0.25) is 23.7 Å². The number of benzene rings is 2. The van der Waals surface area contributed by atoms with Gasteiger partial charge in [-0.1, -0.05) is 19.1 Å². The van der Waals surface area contributed by atoms with E-state index in [2.05, 4.69) is 40.6 Å². The minimum absolute atomic E-state index is 0.225. The van der Waals surface area contributed by atoms with Crippen LogP contribution in [0.5, 0.6) is 11.5 Å². The van der Waals surface area contributed by atoms with Gasteiger partial charge in [0, 0.05) is 56.8 Å². The number of amides is 3. The van der Waals surface area contributed by atoms with E-state index < -0.39 is 11.8 Å². The highest BCUT2D eigenvalue weighted by molar-refractivity contribution is 7.13. The number of anilines is 2. The van der Waals surface area contributed by atoms with Gasteiger partial charge in [-0.3, -0.25) is 19.7 Å². The van der Waals surface area contributed by atoms with Crippen LogP contribution in [0.15, 0.2) is 36.4 Å². The molecule has 4 aromatic heterocycles. The lowest BCUT2D eigenvalue weighted by molar-refractivity contribution is 0.0991. The van der Waals surface area contributed by atoms with E-state index in [4.69, 9.17) is 30.9 Å². The molecule has 6 aromatic rings. The van der Waals surface area contributed by atoms with Crippen molar-refractivity contribution in [3.63, 3.8) is 0 Å². The highest BCUT2D eigenvalue weighted by Gasteiger charge is 2.27. The summed E-state index contributed by atoms with van der Waals surface area (Å²) < 4.78 is 18.2. The Morgan fingerprint density at radius 2 is 1.58 bits per heavy atom. The van der Waals surface area contributed by atoms with Crippen LogP contribution in [0.25, 0.3) is 22.1 Å². The molecule has 0 aliphatic carbocycles. The zero-order valence-electron chi connectivity index (χ0n) is 35.4. The Balaban J connectivity index is 0.992. The van der Waals surface area contributed by atoms with Gasteiger partial charge >= 0.3 is 0 Å². The Hall–Kier alpha value is -6.38. The number of nitrogens with one attached hydrogen (secondary N) is 3. The summed E-state index contributed by atoms with van der Waals surface area (Å²) in [6.45, 7) is 10.4. The van der Waals surface area contributed by atoms with Crippen molar-refractivity contribution < 1.29 is 23.9 Å². The summed E-state index contributed by atoms with van der Waals surface area (Å²) in [6, 6.07) is 6.49. The molecule has 6 heterocycles. The zero-order chi connectivity index (χ0) is 43.5. The number of likely N-dealkylation sites (tertiary alicyclic amines) is 1. The fourth-order valence-corrected chi connectivity index (χ4v) is 9.26. The average Bonchev–Trinajstić information content (AvgIpc) is 4.06. The topological polar surface area (TPSA) is 240 Å². The Kier molecular flexibility index (Phi) is 12.5. The van der Waals surface area contributed by atoms with Crippen LogP contribution < -0.4 is 36.9 Å². The SMILES string of the molecule is CCc1nc(C)sc1C(=O)Nc1nc2cc(C(N)=O)cc(OC)c2n1C/C=C/Cn1c(NC)nc2cc(C(N)=O)cc(OCCCN3CCC(c4nnc5n4CCNC5)CC3)c21. The molecular formula is C42H52N14O5S. The van der Waals surface area contributed by atoms with Crippen LogP contribution >= 0.6 is 11.3 Å².